The molecule has 0 aromatic heterocycles. The Hall–Kier alpha value is -3.75. The van der Waals surface area contributed by atoms with Gasteiger partial charge in [0.2, 0.25) is 0 Å². The molecule has 3 aliphatic rings. The van der Waals surface area contributed by atoms with E-state index in [9.17, 15) is 0 Å². The third kappa shape index (κ3) is 7.13. The molecule has 8 rings (SSSR count). The van der Waals surface area contributed by atoms with Gasteiger partial charge in [0.15, 0.2) is 6.29 Å². The maximum Gasteiger partial charge on any atom is 0.184 e. The van der Waals surface area contributed by atoms with Gasteiger partial charge in [0.1, 0.15) is 30.5 Å². The molecule has 2 fully saturated rings. The van der Waals surface area contributed by atoms with E-state index < -0.39 is 24.6 Å². The van der Waals surface area contributed by atoms with Gasteiger partial charge in [-0.25, -0.2) is 0 Å². The predicted octanol–water partition coefficient (Wildman–Crippen LogP) is 9.21. The van der Waals surface area contributed by atoms with E-state index in [-0.39, 0.29) is 12.2 Å². The molecule has 0 amide bonds. The number of thioether (sulfide) groups is 1. The number of aryl methyl sites for hydroxylation is 1. The fourth-order valence-electron chi connectivity index (χ4n) is 7.21. The average molecular weight is 671 g/mol. The fourth-order valence-corrected chi connectivity index (χ4v) is 8.46. The number of fused-ring (bicyclic) bond motifs is 2. The highest BCUT2D eigenvalue weighted by Crippen LogP contribution is 2.47. The summed E-state index contributed by atoms with van der Waals surface area (Å²) < 4.78 is 33.9. The highest BCUT2D eigenvalue weighted by atomic mass is 32.2. The zero-order chi connectivity index (χ0) is 33.0. The van der Waals surface area contributed by atoms with E-state index >= 15 is 0 Å². The molecule has 0 radical (unpaired) electrons. The Labute approximate surface area is 293 Å². The van der Waals surface area contributed by atoms with E-state index in [1.165, 1.54) is 21.6 Å². The van der Waals surface area contributed by atoms with Crippen molar-refractivity contribution < 1.29 is 23.7 Å². The normalized spacial score (nSPS) is 26.2. The van der Waals surface area contributed by atoms with E-state index in [0.29, 0.717) is 25.7 Å². The maximum absolute atomic E-state index is 7.01. The molecule has 6 heteroatoms. The van der Waals surface area contributed by atoms with Gasteiger partial charge in [-0.2, -0.15) is 0 Å². The van der Waals surface area contributed by atoms with Gasteiger partial charge in [0.25, 0.3) is 0 Å². The summed E-state index contributed by atoms with van der Waals surface area (Å²) in [5.74, 6) is 1.35. The van der Waals surface area contributed by atoms with Crippen LogP contribution < -0.4 is 0 Å². The molecule has 2 saturated heterocycles. The molecule has 250 valence electrons. The molecule has 0 N–H and O–H groups in total. The molecule has 7 unspecified atom stereocenters. The van der Waals surface area contributed by atoms with Crippen molar-refractivity contribution in [3.63, 3.8) is 0 Å². The van der Waals surface area contributed by atoms with Crippen molar-refractivity contribution in [2.75, 3.05) is 12.4 Å². The van der Waals surface area contributed by atoms with Crippen molar-refractivity contribution >= 4 is 11.8 Å². The van der Waals surface area contributed by atoms with Crippen LogP contribution in [0.3, 0.4) is 0 Å². The first-order valence-electron chi connectivity index (χ1n) is 17.4. The first-order chi connectivity index (χ1) is 24.2. The van der Waals surface area contributed by atoms with Crippen LogP contribution in [0.4, 0.5) is 0 Å². The predicted molar refractivity (Wildman–Crippen MR) is 192 cm³/mol. The fraction of sp³-hybridized carbons (Fsp3) is 0.302. The van der Waals surface area contributed by atoms with E-state index in [2.05, 4.69) is 73.7 Å². The van der Waals surface area contributed by atoms with Crippen LogP contribution in [0.5, 0.6) is 0 Å². The third-order valence-electron chi connectivity index (χ3n) is 9.90. The Morgan fingerprint density at radius 1 is 0.633 bits per heavy atom. The molecule has 7 atom stereocenters. The van der Waals surface area contributed by atoms with Crippen molar-refractivity contribution in [3.05, 3.63) is 172 Å². The van der Waals surface area contributed by atoms with Crippen molar-refractivity contribution in [1.82, 2.24) is 0 Å². The lowest BCUT2D eigenvalue weighted by Crippen LogP contribution is -2.60. The van der Waals surface area contributed by atoms with Crippen LogP contribution in [0.25, 0.3) is 0 Å². The van der Waals surface area contributed by atoms with Crippen LogP contribution in [0.1, 0.15) is 64.2 Å². The van der Waals surface area contributed by atoms with E-state index in [4.69, 9.17) is 23.7 Å². The Bertz CT molecular complexity index is 1800. The van der Waals surface area contributed by atoms with Gasteiger partial charge in [-0.3, -0.25) is 0 Å². The smallest absolute Gasteiger partial charge is 0.184 e. The van der Waals surface area contributed by atoms with E-state index in [1.807, 2.05) is 78.5 Å². The van der Waals surface area contributed by atoms with Crippen LogP contribution in [-0.2, 0) is 43.3 Å². The zero-order valence-corrected chi connectivity index (χ0v) is 28.5. The van der Waals surface area contributed by atoms with E-state index in [1.54, 1.807) is 0 Å². The molecule has 49 heavy (non-hydrogen) atoms. The summed E-state index contributed by atoms with van der Waals surface area (Å²) in [4.78, 5) is 1.33. The van der Waals surface area contributed by atoms with Gasteiger partial charge in [0, 0.05) is 22.1 Å². The van der Waals surface area contributed by atoms with E-state index in [0.717, 1.165) is 34.4 Å². The zero-order valence-electron chi connectivity index (χ0n) is 27.7. The summed E-state index contributed by atoms with van der Waals surface area (Å²) in [6.07, 6.45) is -1.44. The van der Waals surface area contributed by atoms with Crippen LogP contribution in [0, 0.1) is 0 Å². The minimum Gasteiger partial charge on any atom is -0.368 e. The molecule has 5 aromatic carbocycles. The second kappa shape index (κ2) is 15.0. The standard InChI is InChI=1S/C43H42O5S/c1-2-29-18-20-32(21-19-29)36-28-49-38-23-22-34(24-35(36)38)39-41(44-25-30-12-6-3-7-13-30)42(45-26-31-14-8-4-9-15-31)40-37(47-39)27-46-43(48-40)33-16-10-5-11-17-33/h3-24,36-37,39-43H,2,25-28H2,1H3. The highest BCUT2D eigenvalue weighted by molar-refractivity contribution is 7.99. The van der Waals surface area contributed by atoms with Gasteiger partial charge in [-0.15, -0.1) is 11.8 Å². The Morgan fingerprint density at radius 3 is 1.94 bits per heavy atom. The van der Waals surface area contributed by atoms with Crippen molar-refractivity contribution in [1.29, 1.82) is 0 Å². The van der Waals surface area contributed by atoms with Gasteiger partial charge in [0.05, 0.1) is 19.8 Å². The Morgan fingerprint density at radius 2 is 1.27 bits per heavy atom. The second-order valence-corrected chi connectivity index (χ2v) is 14.1. The van der Waals surface area contributed by atoms with Gasteiger partial charge < -0.3 is 23.7 Å². The Balaban J connectivity index is 1.15. The van der Waals surface area contributed by atoms with Crippen molar-refractivity contribution in [2.24, 2.45) is 0 Å². The molecule has 5 nitrogen and oxygen atoms in total. The quantitative estimate of drug-likeness (QED) is 0.148. The highest BCUT2D eigenvalue weighted by Gasteiger charge is 2.52. The van der Waals surface area contributed by atoms with Crippen molar-refractivity contribution in [2.45, 2.75) is 74.2 Å². The number of hydrogen-bond donors (Lipinski definition) is 0. The first-order valence-corrected chi connectivity index (χ1v) is 18.4. The molecule has 3 heterocycles. The number of benzene rings is 5. The Kier molecular flexibility index (Phi) is 9.94. The monoisotopic (exact) mass is 670 g/mol. The molecule has 0 spiro atoms. The summed E-state index contributed by atoms with van der Waals surface area (Å²) in [6, 6.07) is 46.7. The lowest BCUT2D eigenvalue weighted by Gasteiger charge is -2.49. The average Bonchev–Trinajstić information content (AvgIpc) is 3.60. The third-order valence-corrected chi connectivity index (χ3v) is 11.1. The number of rotatable bonds is 10. The minimum atomic E-state index is -0.517. The van der Waals surface area contributed by atoms with Gasteiger partial charge in [-0.1, -0.05) is 134 Å². The molecule has 3 aliphatic heterocycles. The largest absolute Gasteiger partial charge is 0.368 e. The topological polar surface area (TPSA) is 46.2 Å². The molecule has 0 saturated carbocycles. The van der Waals surface area contributed by atoms with Crippen LogP contribution >= 0.6 is 11.8 Å². The summed E-state index contributed by atoms with van der Waals surface area (Å²) in [5.41, 5.74) is 8.32. The maximum atomic E-state index is 7.01. The molecule has 0 aliphatic carbocycles. The van der Waals surface area contributed by atoms with Gasteiger partial charge in [-0.05, 0) is 45.9 Å². The van der Waals surface area contributed by atoms with Crippen LogP contribution in [0.15, 0.2) is 138 Å². The summed E-state index contributed by atoms with van der Waals surface area (Å²) in [7, 11) is 0. The lowest BCUT2D eigenvalue weighted by atomic mass is 9.87. The summed E-state index contributed by atoms with van der Waals surface area (Å²) in [6.45, 7) is 3.46. The van der Waals surface area contributed by atoms with Crippen LogP contribution in [-0.4, -0.2) is 36.8 Å². The van der Waals surface area contributed by atoms with Crippen molar-refractivity contribution in [3.8, 4) is 0 Å². The molecule has 5 aromatic rings. The number of hydrogen-bond acceptors (Lipinski definition) is 6. The molecular formula is C43H42O5S. The summed E-state index contributed by atoms with van der Waals surface area (Å²) in [5, 5.41) is 0. The lowest BCUT2D eigenvalue weighted by molar-refractivity contribution is -0.341. The first kappa shape index (κ1) is 32.5. The number of ether oxygens (including phenoxy) is 5. The molecular weight excluding hydrogens is 629 g/mol. The van der Waals surface area contributed by atoms with Gasteiger partial charge >= 0.3 is 0 Å². The van der Waals surface area contributed by atoms with Crippen LogP contribution in [0.2, 0.25) is 0 Å². The minimum absolute atomic E-state index is 0.323. The summed E-state index contributed by atoms with van der Waals surface area (Å²) >= 11 is 1.93. The molecule has 0 bridgehead atoms. The SMILES string of the molecule is CCc1ccc(C2CSc3ccc(C4OC5COC(c6ccccc6)OC5C(OCc5ccccc5)C4OCc4ccccc4)cc32)cc1. The second-order valence-electron chi connectivity index (χ2n) is 13.1.